The van der Waals surface area contributed by atoms with Gasteiger partial charge in [0.05, 0.1) is 0 Å². The molecule has 0 aliphatic carbocycles. The van der Waals surface area contributed by atoms with Gasteiger partial charge >= 0.3 is 21.1 Å². The summed E-state index contributed by atoms with van der Waals surface area (Å²) in [5, 5.41) is 0. The molecule has 0 aromatic carbocycles. The van der Waals surface area contributed by atoms with Crippen LogP contribution in [-0.2, 0) is 21.1 Å². The van der Waals surface area contributed by atoms with Gasteiger partial charge in [-0.3, -0.25) is 0 Å². The van der Waals surface area contributed by atoms with Gasteiger partial charge in [0, 0.05) is 0 Å². The van der Waals surface area contributed by atoms with Crippen molar-refractivity contribution in [1.29, 1.82) is 0 Å². The zero-order valence-electron chi connectivity index (χ0n) is 1.75. The molecule has 0 saturated heterocycles. The van der Waals surface area contributed by atoms with Gasteiger partial charge in [0.15, 0.2) is 0 Å². The smallest absolute Gasteiger partial charge is 0.870 e. The molecule has 0 atom stereocenters. The summed E-state index contributed by atoms with van der Waals surface area (Å²) in [4.78, 5) is 0. The van der Waals surface area contributed by atoms with Crippen molar-refractivity contribution in [3.63, 3.8) is 0 Å². The maximum absolute atomic E-state index is 0. The Kier molecular flexibility index (Phi) is 3280. The van der Waals surface area contributed by atoms with Crippen molar-refractivity contribution in [2.45, 2.75) is 0 Å². The Labute approximate surface area is 38.2 Å². The first-order chi connectivity index (χ1) is 0. The minimum Gasteiger partial charge on any atom is -0.870 e. The average molecular weight is 147 g/mol. The van der Waals surface area contributed by atoms with Crippen LogP contribution in [0.25, 0.3) is 0 Å². The first-order valence-electron chi connectivity index (χ1n) is 0. The largest absolute Gasteiger partial charge is 3.00 e. The van der Waals surface area contributed by atoms with Gasteiger partial charge in [-0.25, -0.2) is 0 Å². The van der Waals surface area contributed by atoms with Gasteiger partial charge in [-0.1, -0.05) is 0 Å². The Hall–Kier alpha value is 0.568. The first kappa shape index (κ1) is 180. The molecular formula is H3MoO3. The van der Waals surface area contributed by atoms with E-state index in [1.807, 2.05) is 0 Å². The molecule has 0 fully saturated rings. The van der Waals surface area contributed by atoms with Crippen LogP contribution in [0.3, 0.4) is 0 Å². The number of rotatable bonds is 0. The van der Waals surface area contributed by atoms with E-state index in [0.29, 0.717) is 0 Å². The Balaban J connectivity index is 0. The average Bonchev–Trinajstić information content (AvgIpc) is 0. The van der Waals surface area contributed by atoms with E-state index >= 15 is 0 Å². The molecule has 0 rings (SSSR count). The van der Waals surface area contributed by atoms with E-state index in [9.17, 15) is 0 Å². The predicted octanol–water partition coefficient (Wildman–Crippen LogP) is -0.533. The first-order valence-corrected chi connectivity index (χ1v) is 0. The molecular weight excluding hydrogens is 144 g/mol. The third-order valence-electron chi connectivity index (χ3n) is 0. The molecule has 4 heteroatoms. The van der Waals surface area contributed by atoms with Gasteiger partial charge in [-0.2, -0.15) is 0 Å². The maximum atomic E-state index is 0. The fourth-order valence-electron chi connectivity index (χ4n) is 0. The van der Waals surface area contributed by atoms with Crippen molar-refractivity contribution in [2.24, 2.45) is 0 Å². The molecule has 1 radical (unpaired) electrons. The molecule has 0 aromatic rings. The zero-order chi connectivity index (χ0) is 0. The van der Waals surface area contributed by atoms with Crippen LogP contribution >= 0.6 is 0 Å². The second-order valence-corrected chi connectivity index (χ2v) is 0. The van der Waals surface area contributed by atoms with Crippen LogP contribution in [0.4, 0.5) is 0 Å². The topological polar surface area (TPSA) is 90.0 Å². The van der Waals surface area contributed by atoms with Gasteiger partial charge in [0.25, 0.3) is 0 Å². The van der Waals surface area contributed by atoms with Crippen molar-refractivity contribution < 1.29 is 37.5 Å². The van der Waals surface area contributed by atoms with Crippen LogP contribution in [0.5, 0.6) is 0 Å². The summed E-state index contributed by atoms with van der Waals surface area (Å²) in [7, 11) is 0. The Morgan fingerprint density at radius 1 is 0.500 bits per heavy atom. The molecule has 27 valence electrons. The van der Waals surface area contributed by atoms with Crippen molar-refractivity contribution in [3.8, 4) is 0 Å². The molecule has 0 bridgehead atoms. The van der Waals surface area contributed by atoms with Crippen molar-refractivity contribution >= 4 is 0 Å². The van der Waals surface area contributed by atoms with Crippen molar-refractivity contribution in [2.75, 3.05) is 0 Å². The van der Waals surface area contributed by atoms with Gasteiger partial charge in [-0.15, -0.1) is 0 Å². The van der Waals surface area contributed by atoms with Crippen LogP contribution in [0, 0.1) is 0 Å². The van der Waals surface area contributed by atoms with Crippen LogP contribution in [0.15, 0.2) is 0 Å². The molecule has 0 saturated carbocycles. The Morgan fingerprint density at radius 2 is 0.500 bits per heavy atom. The van der Waals surface area contributed by atoms with E-state index in [-0.39, 0.29) is 37.5 Å². The second-order valence-electron chi connectivity index (χ2n) is 0. The molecule has 0 aliphatic heterocycles. The monoisotopic (exact) mass is 149 g/mol. The van der Waals surface area contributed by atoms with E-state index in [1.165, 1.54) is 0 Å². The molecule has 0 aromatic heterocycles. The van der Waals surface area contributed by atoms with Crippen LogP contribution < -0.4 is 0 Å². The summed E-state index contributed by atoms with van der Waals surface area (Å²) in [6, 6.07) is 0. The fourth-order valence-corrected chi connectivity index (χ4v) is 0. The summed E-state index contributed by atoms with van der Waals surface area (Å²) >= 11 is 0. The summed E-state index contributed by atoms with van der Waals surface area (Å²) in [6.45, 7) is 0. The quantitative estimate of drug-likeness (QED) is 0.431. The zero-order valence-corrected chi connectivity index (χ0v) is 3.76. The molecule has 0 amide bonds. The normalized spacial score (nSPS) is 0. The van der Waals surface area contributed by atoms with Crippen molar-refractivity contribution in [3.05, 3.63) is 0 Å². The molecule has 0 unspecified atom stereocenters. The van der Waals surface area contributed by atoms with E-state index in [0.717, 1.165) is 0 Å². The minimum absolute atomic E-state index is 0. The van der Waals surface area contributed by atoms with Gasteiger partial charge in [0.1, 0.15) is 0 Å². The predicted molar refractivity (Wildman–Crippen MR) is 5.81 cm³/mol. The van der Waals surface area contributed by atoms with E-state index in [2.05, 4.69) is 0 Å². The van der Waals surface area contributed by atoms with Gasteiger partial charge in [-0.05, 0) is 0 Å². The third-order valence-corrected chi connectivity index (χ3v) is 0. The SMILES string of the molecule is [Mo+3].[OH-].[OH-].[OH-]. The third kappa shape index (κ3) is 19.6. The molecule has 3 N–H and O–H groups in total. The molecule has 0 spiro atoms. The summed E-state index contributed by atoms with van der Waals surface area (Å²) in [5.74, 6) is 0. The standard InChI is InChI=1S/Mo.3H2O/h;3*1H2/q+3;;;/p-3. The Morgan fingerprint density at radius 3 is 0.500 bits per heavy atom. The molecule has 4 heavy (non-hydrogen) atoms. The Bertz CT molecular complexity index is 3.25. The maximum Gasteiger partial charge on any atom is 3.00 e. The summed E-state index contributed by atoms with van der Waals surface area (Å²) in [6.07, 6.45) is 0. The molecule has 3 nitrogen and oxygen atoms in total. The van der Waals surface area contributed by atoms with E-state index in [1.54, 1.807) is 0 Å². The second kappa shape index (κ2) is 72.9. The number of hydrogen-bond acceptors (Lipinski definition) is 3. The van der Waals surface area contributed by atoms with E-state index < -0.39 is 0 Å². The van der Waals surface area contributed by atoms with Gasteiger partial charge < -0.3 is 16.4 Å². The molecule has 0 aliphatic rings. The fraction of sp³-hybridized carbons (Fsp3) is 0. The van der Waals surface area contributed by atoms with Crippen LogP contribution in [0.2, 0.25) is 0 Å². The van der Waals surface area contributed by atoms with E-state index in [4.69, 9.17) is 0 Å². The van der Waals surface area contributed by atoms with Gasteiger partial charge in [0.2, 0.25) is 0 Å². The minimum atomic E-state index is 0. The summed E-state index contributed by atoms with van der Waals surface area (Å²) < 4.78 is 0. The number of hydrogen-bond donors (Lipinski definition) is 0. The van der Waals surface area contributed by atoms with Crippen molar-refractivity contribution in [1.82, 2.24) is 0 Å². The molecule has 0 heterocycles. The summed E-state index contributed by atoms with van der Waals surface area (Å²) in [5.41, 5.74) is 0. The van der Waals surface area contributed by atoms with Crippen LogP contribution in [-0.4, -0.2) is 16.4 Å². The van der Waals surface area contributed by atoms with Crippen LogP contribution in [0.1, 0.15) is 0 Å².